The second kappa shape index (κ2) is 7.94. The zero-order valence-electron chi connectivity index (χ0n) is 14.9. The monoisotopic (exact) mass is 379 g/mol. The van der Waals surface area contributed by atoms with Crippen molar-refractivity contribution in [2.75, 3.05) is 13.1 Å². The zero-order chi connectivity index (χ0) is 19.4. The fraction of sp³-hybridized carbons (Fsp3) is 0.421. The van der Waals surface area contributed by atoms with Crippen LogP contribution < -0.4 is 4.74 Å². The van der Waals surface area contributed by atoms with Crippen molar-refractivity contribution in [3.05, 3.63) is 53.5 Å². The summed E-state index contributed by atoms with van der Waals surface area (Å²) in [6.07, 6.45) is -1.52. The van der Waals surface area contributed by atoms with Crippen molar-refractivity contribution in [2.45, 2.75) is 38.5 Å². The molecule has 1 fully saturated rings. The fourth-order valence-electron chi connectivity index (χ4n) is 3.08. The van der Waals surface area contributed by atoms with Gasteiger partial charge in [-0.2, -0.15) is 18.2 Å². The number of hydrogen-bond acceptors (Lipinski definition) is 4. The third kappa shape index (κ3) is 5.18. The maximum atomic E-state index is 12.8. The summed E-state index contributed by atoms with van der Waals surface area (Å²) in [5.74, 6) is 0.849. The average molecular weight is 379 g/mol. The van der Waals surface area contributed by atoms with Gasteiger partial charge in [-0.25, -0.2) is 4.98 Å². The number of rotatable bonds is 4. The van der Waals surface area contributed by atoms with Crippen LogP contribution in [0.4, 0.5) is 13.2 Å². The molecule has 27 heavy (non-hydrogen) atoms. The molecule has 3 rings (SSSR count). The Morgan fingerprint density at radius 2 is 2.15 bits per heavy atom. The van der Waals surface area contributed by atoms with Crippen molar-refractivity contribution in [1.82, 2.24) is 14.9 Å². The van der Waals surface area contributed by atoms with Gasteiger partial charge in [0.2, 0.25) is 11.8 Å². The van der Waals surface area contributed by atoms with Gasteiger partial charge in [0.1, 0.15) is 11.9 Å². The Balaban J connectivity index is 1.61. The molecule has 1 aromatic heterocycles. The van der Waals surface area contributed by atoms with Crippen molar-refractivity contribution < 1.29 is 22.7 Å². The molecule has 8 heteroatoms. The number of hydrogen-bond donors (Lipinski definition) is 0. The summed E-state index contributed by atoms with van der Waals surface area (Å²) in [5, 5.41) is 0. The lowest BCUT2D eigenvalue weighted by Crippen LogP contribution is -2.45. The Hall–Kier alpha value is -2.64. The topological polar surface area (TPSA) is 55.3 Å². The van der Waals surface area contributed by atoms with Crippen LogP contribution in [0.2, 0.25) is 0 Å². The molecule has 1 aliphatic rings. The number of benzene rings is 1. The van der Waals surface area contributed by atoms with Gasteiger partial charge in [0.15, 0.2) is 0 Å². The molecule has 1 atom stereocenters. The maximum Gasteiger partial charge on any atom is 0.416 e. The highest BCUT2D eigenvalue weighted by atomic mass is 19.4. The van der Waals surface area contributed by atoms with Crippen LogP contribution >= 0.6 is 0 Å². The normalized spacial score (nSPS) is 17.6. The van der Waals surface area contributed by atoms with Gasteiger partial charge in [-0.05, 0) is 31.4 Å². The summed E-state index contributed by atoms with van der Waals surface area (Å²) in [6.45, 7) is 2.72. The first-order valence-electron chi connectivity index (χ1n) is 8.71. The summed E-state index contributed by atoms with van der Waals surface area (Å²) in [4.78, 5) is 22.4. The molecule has 1 aromatic carbocycles. The lowest BCUT2D eigenvalue weighted by Gasteiger charge is -2.32. The molecule has 2 heterocycles. The second-order valence-corrected chi connectivity index (χ2v) is 6.54. The Morgan fingerprint density at radius 3 is 2.89 bits per heavy atom. The van der Waals surface area contributed by atoms with E-state index >= 15 is 0 Å². The first-order chi connectivity index (χ1) is 12.8. The van der Waals surface area contributed by atoms with E-state index in [1.165, 1.54) is 12.1 Å². The number of aryl methyl sites for hydroxylation is 1. The van der Waals surface area contributed by atoms with Gasteiger partial charge in [-0.15, -0.1) is 0 Å². The molecule has 1 amide bonds. The van der Waals surface area contributed by atoms with Crippen molar-refractivity contribution in [3.8, 4) is 5.88 Å². The lowest BCUT2D eigenvalue weighted by atomic mass is 10.0. The van der Waals surface area contributed by atoms with Gasteiger partial charge < -0.3 is 9.64 Å². The van der Waals surface area contributed by atoms with Gasteiger partial charge in [0.25, 0.3) is 0 Å². The smallest absolute Gasteiger partial charge is 0.416 e. The molecular formula is C19H20F3N3O2. The van der Waals surface area contributed by atoms with Crippen LogP contribution in [0.15, 0.2) is 36.5 Å². The molecular weight excluding hydrogens is 359 g/mol. The van der Waals surface area contributed by atoms with Crippen LogP contribution in [0.5, 0.6) is 5.88 Å². The fourth-order valence-corrected chi connectivity index (χ4v) is 3.08. The summed E-state index contributed by atoms with van der Waals surface area (Å²) >= 11 is 0. The summed E-state index contributed by atoms with van der Waals surface area (Å²) < 4.78 is 44.3. The highest BCUT2D eigenvalue weighted by molar-refractivity contribution is 5.79. The molecule has 0 saturated carbocycles. The van der Waals surface area contributed by atoms with Gasteiger partial charge in [-0.1, -0.05) is 18.2 Å². The molecule has 5 nitrogen and oxygen atoms in total. The van der Waals surface area contributed by atoms with Crippen molar-refractivity contribution in [2.24, 2.45) is 0 Å². The first-order valence-corrected chi connectivity index (χ1v) is 8.71. The molecule has 144 valence electrons. The molecule has 0 aliphatic carbocycles. The standard InChI is InChI=1S/C19H20F3N3O2/c1-13-23-8-7-17(24-13)27-16-6-3-9-25(12-16)18(26)11-14-4-2-5-15(10-14)19(20,21)22/h2,4-5,7-8,10,16H,3,6,9,11-12H2,1H3. The maximum absolute atomic E-state index is 12.8. The van der Waals surface area contributed by atoms with Crippen LogP contribution in [0.1, 0.15) is 29.8 Å². The number of carbonyl (C=O) groups excluding carboxylic acids is 1. The summed E-state index contributed by atoms with van der Waals surface area (Å²) in [6, 6.07) is 6.55. The van der Waals surface area contributed by atoms with Crippen molar-refractivity contribution >= 4 is 5.91 Å². The van der Waals surface area contributed by atoms with Gasteiger partial charge >= 0.3 is 6.18 Å². The van der Waals surface area contributed by atoms with Gasteiger partial charge in [0.05, 0.1) is 18.5 Å². The molecule has 2 aromatic rings. The van der Waals surface area contributed by atoms with Crippen LogP contribution in [0, 0.1) is 6.92 Å². The number of carbonyl (C=O) groups is 1. The minimum Gasteiger partial charge on any atom is -0.472 e. The van der Waals surface area contributed by atoms with Crippen molar-refractivity contribution in [3.63, 3.8) is 0 Å². The van der Waals surface area contributed by atoms with E-state index in [0.717, 1.165) is 25.0 Å². The van der Waals surface area contributed by atoms with E-state index in [1.807, 2.05) is 0 Å². The van der Waals surface area contributed by atoms with E-state index < -0.39 is 11.7 Å². The number of piperidine rings is 1. The summed E-state index contributed by atoms with van der Waals surface area (Å²) in [5.41, 5.74) is -0.393. The predicted molar refractivity (Wildman–Crippen MR) is 92.1 cm³/mol. The highest BCUT2D eigenvalue weighted by Crippen LogP contribution is 2.29. The van der Waals surface area contributed by atoms with E-state index in [-0.39, 0.29) is 18.4 Å². The van der Waals surface area contributed by atoms with Crippen LogP contribution in [0.3, 0.4) is 0 Å². The van der Waals surface area contributed by atoms with Crippen LogP contribution in [-0.4, -0.2) is 40.0 Å². The minimum absolute atomic E-state index is 0.0662. The molecule has 0 N–H and O–H groups in total. The van der Waals surface area contributed by atoms with Crippen LogP contribution in [0.25, 0.3) is 0 Å². The number of likely N-dealkylation sites (tertiary alicyclic amines) is 1. The van der Waals surface area contributed by atoms with E-state index in [1.54, 1.807) is 24.1 Å². The molecule has 1 saturated heterocycles. The zero-order valence-corrected chi connectivity index (χ0v) is 14.9. The number of halogens is 3. The van der Waals surface area contributed by atoms with E-state index in [2.05, 4.69) is 9.97 Å². The lowest BCUT2D eigenvalue weighted by molar-refractivity contribution is -0.138. The SMILES string of the molecule is Cc1nccc(OC2CCCN(C(=O)Cc3cccc(C(F)(F)F)c3)C2)n1. The first kappa shape index (κ1) is 19.1. The van der Waals surface area contributed by atoms with Crippen LogP contribution in [-0.2, 0) is 17.4 Å². The highest BCUT2D eigenvalue weighted by Gasteiger charge is 2.31. The number of amides is 1. The Morgan fingerprint density at radius 1 is 1.33 bits per heavy atom. The van der Waals surface area contributed by atoms with E-state index in [4.69, 9.17) is 4.74 Å². The van der Waals surface area contributed by atoms with Gasteiger partial charge in [-0.3, -0.25) is 4.79 Å². The number of aromatic nitrogens is 2. The molecule has 0 bridgehead atoms. The van der Waals surface area contributed by atoms with Crippen molar-refractivity contribution in [1.29, 1.82) is 0 Å². The number of alkyl halides is 3. The number of nitrogens with zero attached hydrogens (tertiary/aromatic N) is 3. The quantitative estimate of drug-likeness (QED) is 0.817. The average Bonchev–Trinajstić information content (AvgIpc) is 2.61. The third-order valence-electron chi connectivity index (χ3n) is 4.38. The largest absolute Gasteiger partial charge is 0.472 e. The second-order valence-electron chi connectivity index (χ2n) is 6.54. The molecule has 0 radical (unpaired) electrons. The number of ether oxygens (including phenoxy) is 1. The minimum atomic E-state index is -4.42. The Kier molecular flexibility index (Phi) is 5.62. The van der Waals surface area contributed by atoms with E-state index in [9.17, 15) is 18.0 Å². The molecule has 1 unspecified atom stereocenters. The van der Waals surface area contributed by atoms with E-state index in [0.29, 0.717) is 30.4 Å². The Bertz CT molecular complexity index is 811. The molecule has 0 spiro atoms. The van der Waals surface area contributed by atoms with Gasteiger partial charge in [0, 0.05) is 18.8 Å². The predicted octanol–water partition coefficient (Wildman–Crippen LogP) is 3.42. The third-order valence-corrected chi connectivity index (χ3v) is 4.38. The Labute approximate surface area is 155 Å². The molecule has 1 aliphatic heterocycles. The summed E-state index contributed by atoms with van der Waals surface area (Å²) in [7, 11) is 0.